The van der Waals surface area contributed by atoms with Crippen molar-refractivity contribution < 1.29 is 15.0 Å². The lowest BCUT2D eigenvalue weighted by Crippen LogP contribution is -2.44. The highest BCUT2D eigenvalue weighted by atomic mass is 16.3. The van der Waals surface area contributed by atoms with E-state index < -0.39 is 12.2 Å². The molecule has 0 spiro atoms. The van der Waals surface area contributed by atoms with Crippen LogP contribution in [0, 0.1) is 0 Å². The smallest absolute Gasteiger partial charge is 0.225 e. The summed E-state index contributed by atoms with van der Waals surface area (Å²) in [5.74, 6) is -0.0700. The molecule has 1 aromatic rings. The van der Waals surface area contributed by atoms with Crippen molar-refractivity contribution in [3.63, 3.8) is 0 Å². The third-order valence-corrected chi connectivity index (χ3v) is 3.98. The number of rotatable bonds is 6. The minimum atomic E-state index is -0.680. The first-order chi connectivity index (χ1) is 10.5. The van der Waals surface area contributed by atoms with Gasteiger partial charge in [-0.25, -0.2) is 0 Å². The first-order valence-electron chi connectivity index (χ1n) is 7.91. The molecule has 0 aliphatic carbocycles. The molecule has 0 radical (unpaired) electrons. The average molecular weight is 306 g/mol. The number of aliphatic hydroxyl groups is 2. The Bertz CT molecular complexity index is 466. The number of likely N-dealkylation sites (N-methyl/N-ethyl adjacent to an activating group) is 1. The predicted molar refractivity (Wildman–Crippen MR) is 85.2 cm³/mol. The van der Waals surface area contributed by atoms with Gasteiger partial charge in [0.1, 0.15) is 0 Å². The molecule has 1 amide bonds. The maximum Gasteiger partial charge on any atom is 0.225 e. The van der Waals surface area contributed by atoms with E-state index in [4.69, 9.17) is 0 Å². The van der Waals surface area contributed by atoms with Crippen LogP contribution in [-0.4, -0.2) is 64.8 Å². The Labute approximate surface area is 132 Å². The number of amides is 1. The monoisotopic (exact) mass is 306 g/mol. The normalized spacial score (nSPS) is 20.2. The van der Waals surface area contributed by atoms with Gasteiger partial charge in [-0.15, -0.1) is 0 Å². The van der Waals surface area contributed by atoms with Crippen LogP contribution in [0.25, 0.3) is 0 Å². The van der Waals surface area contributed by atoms with Gasteiger partial charge >= 0.3 is 0 Å². The minimum Gasteiger partial charge on any atom is -0.391 e. The van der Waals surface area contributed by atoms with Crippen LogP contribution >= 0.6 is 0 Å². The quantitative estimate of drug-likeness (QED) is 0.818. The van der Waals surface area contributed by atoms with E-state index in [2.05, 4.69) is 0 Å². The molecule has 1 fully saturated rings. The predicted octanol–water partition coefficient (Wildman–Crippen LogP) is 0.853. The lowest BCUT2D eigenvalue weighted by atomic mass is 10.1. The highest BCUT2D eigenvalue weighted by molar-refractivity contribution is 5.76. The molecule has 5 heteroatoms. The lowest BCUT2D eigenvalue weighted by Gasteiger charge is -2.31. The van der Waals surface area contributed by atoms with Gasteiger partial charge in [-0.1, -0.05) is 30.3 Å². The van der Waals surface area contributed by atoms with Crippen LogP contribution in [0.1, 0.15) is 24.8 Å². The van der Waals surface area contributed by atoms with Crippen LogP contribution in [0.2, 0.25) is 0 Å². The van der Waals surface area contributed by atoms with Crippen molar-refractivity contribution in [2.45, 2.75) is 38.0 Å². The molecular weight excluding hydrogens is 280 g/mol. The number of nitrogens with zero attached hydrogens (tertiary/aromatic N) is 2. The van der Waals surface area contributed by atoms with Gasteiger partial charge in [0.15, 0.2) is 0 Å². The fourth-order valence-corrected chi connectivity index (χ4v) is 2.90. The van der Waals surface area contributed by atoms with Gasteiger partial charge in [0, 0.05) is 26.2 Å². The van der Waals surface area contributed by atoms with Gasteiger partial charge in [-0.05, 0) is 25.5 Å². The third-order valence-electron chi connectivity index (χ3n) is 3.98. The van der Waals surface area contributed by atoms with E-state index in [0.29, 0.717) is 19.6 Å². The van der Waals surface area contributed by atoms with E-state index in [0.717, 1.165) is 19.4 Å². The van der Waals surface area contributed by atoms with Crippen LogP contribution in [0.4, 0.5) is 0 Å². The fraction of sp³-hybridized carbons (Fsp3) is 0.588. The number of carbonyl (C=O) groups is 1. The molecule has 22 heavy (non-hydrogen) atoms. The van der Waals surface area contributed by atoms with Crippen molar-refractivity contribution in [1.29, 1.82) is 0 Å². The van der Waals surface area contributed by atoms with Crippen molar-refractivity contribution in [2.75, 3.05) is 26.7 Å². The van der Waals surface area contributed by atoms with Crippen molar-refractivity contribution in [1.82, 2.24) is 9.80 Å². The second-order valence-corrected chi connectivity index (χ2v) is 6.18. The lowest BCUT2D eigenvalue weighted by molar-refractivity contribution is -0.136. The number of likely N-dealkylation sites (tertiary alicyclic amines) is 1. The molecule has 1 aliphatic heterocycles. The Kier molecular flexibility index (Phi) is 6.36. The fourth-order valence-electron chi connectivity index (χ4n) is 2.90. The molecule has 5 nitrogen and oxygen atoms in total. The maximum absolute atomic E-state index is 12.1. The highest BCUT2D eigenvalue weighted by Crippen LogP contribution is 2.12. The second-order valence-electron chi connectivity index (χ2n) is 6.18. The Balaban J connectivity index is 1.74. The summed E-state index contributed by atoms with van der Waals surface area (Å²) in [5.41, 5.74) is 1.18. The van der Waals surface area contributed by atoms with Crippen LogP contribution in [0.5, 0.6) is 0 Å². The van der Waals surface area contributed by atoms with Crippen molar-refractivity contribution in [3.8, 4) is 0 Å². The van der Waals surface area contributed by atoms with E-state index in [1.807, 2.05) is 42.3 Å². The zero-order valence-corrected chi connectivity index (χ0v) is 13.2. The summed E-state index contributed by atoms with van der Waals surface area (Å²) >= 11 is 0. The molecule has 2 N–H and O–H groups in total. The summed E-state index contributed by atoms with van der Waals surface area (Å²) < 4.78 is 0. The Morgan fingerprint density at radius 1 is 1.41 bits per heavy atom. The van der Waals surface area contributed by atoms with Crippen LogP contribution in [0.3, 0.4) is 0 Å². The average Bonchev–Trinajstić information content (AvgIpc) is 2.47. The molecule has 2 rings (SSSR count). The SMILES string of the molecule is CN(Cc1ccccc1)CC(O)CC(=O)N1CCC[C@@H](O)C1. The van der Waals surface area contributed by atoms with Gasteiger partial charge in [0.05, 0.1) is 18.6 Å². The zero-order chi connectivity index (χ0) is 15.9. The first-order valence-corrected chi connectivity index (χ1v) is 7.91. The van der Waals surface area contributed by atoms with Crippen LogP contribution in [0.15, 0.2) is 30.3 Å². The number of benzene rings is 1. The second kappa shape index (κ2) is 8.27. The van der Waals surface area contributed by atoms with Crippen LogP contribution in [-0.2, 0) is 11.3 Å². The topological polar surface area (TPSA) is 64.0 Å². The summed E-state index contributed by atoms with van der Waals surface area (Å²) in [7, 11) is 1.94. The number of piperidine rings is 1. The zero-order valence-electron chi connectivity index (χ0n) is 13.2. The van der Waals surface area contributed by atoms with Gasteiger partial charge in [0.2, 0.25) is 5.91 Å². The van der Waals surface area contributed by atoms with Crippen LogP contribution < -0.4 is 0 Å². The van der Waals surface area contributed by atoms with Gasteiger partial charge < -0.3 is 15.1 Å². The van der Waals surface area contributed by atoms with Gasteiger partial charge in [-0.2, -0.15) is 0 Å². The van der Waals surface area contributed by atoms with E-state index in [1.165, 1.54) is 5.56 Å². The first kappa shape index (κ1) is 16.9. The number of hydrogen-bond donors (Lipinski definition) is 2. The molecule has 0 bridgehead atoms. The number of β-amino-alcohol motifs (C(OH)–C–C–N with tert-alkyl or cyclic N) is 1. The molecule has 122 valence electrons. The van der Waals surface area contributed by atoms with E-state index >= 15 is 0 Å². The Hall–Kier alpha value is -1.43. The molecule has 2 atom stereocenters. The molecule has 1 aromatic carbocycles. The van der Waals surface area contributed by atoms with E-state index in [9.17, 15) is 15.0 Å². The molecular formula is C17H26N2O3. The van der Waals surface area contributed by atoms with Crippen molar-refractivity contribution >= 4 is 5.91 Å². The molecule has 1 aliphatic rings. The summed E-state index contributed by atoms with van der Waals surface area (Å²) in [6, 6.07) is 10.0. The largest absolute Gasteiger partial charge is 0.391 e. The molecule has 0 aromatic heterocycles. The van der Waals surface area contributed by atoms with E-state index in [-0.39, 0.29) is 12.3 Å². The Morgan fingerprint density at radius 2 is 2.14 bits per heavy atom. The summed E-state index contributed by atoms with van der Waals surface area (Å²) in [4.78, 5) is 15.8. The molecule has 1 saturated heterocycles. The standard InChI is InChI=1S/C17H26N2O3/c1-18(11-14-6-3-2-4-7-14)12-16(21)10-17(22)19-9-5-8-15(20)13-19/h2-4,6-7,15-16,20-21H,5,8-13H2,1H3/t15-,16?/m1/s1. The van der Waals surface area contributed by atoms with Crippen molar-refractivity contribution in [2.24, 2.45) is 0 Å². The van der Waals surface area contributed by atoms with Gasteiger partial charge in [-0.3, -0.25) is 9.69 Å². The molecule has 1 unspecified atom stereocenters. The van der Waals surface area contributed by atoms with Crippen molar-refractivity contribution in [3.05, 3.63) is 35.9 Å². The molecule has 0 saturated carbocycles. The number of hydrogen-bond acceptors (Lipinski definition) is 4. The number of carbonyl (C=O) groups excluding carboxylic acids is 1. The van der Waals surface area contributed by atoms with E-state index in [1.54, 1.807) is 4.90 Å². The minimum absolute atomic E-state index is 0.0700. The third kappa shape index (κ3) is 5.40. The van der Waals surface area contributed by atoms with Gasteiger partial charge in [0.25, 0.3) is 0 Å². The highest BCUT2D eigenvalue weighted by Gasteiger charge is 2.24. The Morgan fingerprint density at radius 3 is 2.82 bits per heavy atom. The maximum atomic E-state index is 12.1. The summed E-state index contributed by atoms with van der Waals surface area (Å²) in [6.07, 6.45) is 0.602. The molecule has 1 heterocycles. The summed E-state index contributed by atoms with van der Waals surface area (Å²) in [6.45, 7) is 2.28. The summed E-state index contributed by atoms with van der Waals surface area (Å²) in [5, 5.41) is 19.7. The number of aliphatic hydroxyl groups excluding tert-OH is 2.